The summed E-state index contributed by atoms with van der Waals surface area (Å²) in [4.78, 5) is 24.8. The molecule has 3 rings (SSSR count). The highest BCUT2D eigenvalue weighted by Gasteiger charge is 2.35. The van der Waals surface area contributed by atoms with Crippen molar-refractivity contribution in [3.8, 4) is 0 Å². The number of carbonyl (C=O) groups excluding carboxylic acids is 1. The molecule has 2 aliphatic rings. The Balaban J connectivity index is 2.01. The lowest BCUT2D eigenvalue weighted by Crippen LogP contribution is -2.36. The number of aromatic nitrogens is 2. The Kier molecular flexibility index (Phi) is 4.84. The van der Waals surface area contributed by atoms with Crippen LogP contribution in [-0.4, -0.2) is 33.6 Å². The minimum absolute atomic E-state index is 0.0356. The number of ether oxygens (including phenoxy) is 1. The zero-order valence-corrected chi connectivity index (χ0v) is 15.7. The highest BCUT2D eigenvalue weighted by Crippen LogP contribution is 2.41. The van der Waals surface area contributed by atoms with Gasteiger partial charge in [0.05, 0.1) is 23.0 Å². The number of nitrogens with one attached hydrogen (secondary N) is 2. The van der Waals surface area contributed by atoms with E-state index < -0.39 is 0 Å². The van der Waals surface area contributed by atoms with Crippen molar-refractivity contribution < 1.29 is 9.53 Å². The molecule has 0 saturated carbocycles. The Labute approximate surface area is 146 Å². The fourth-order valence-corrected chi connectivity index (χ4v) is 4.96. The smallest absolute Gasteiger partial charge is 0.270 e. The van der Waals surface area contributed by atoms with Gasteiger partial charge in [-0.25, -0.2) is 0 Å². The van der Waals surface area contributed by atoms with Crippen LogP contribution in [0.15, 0.2) is 4.79 Å². The second-order valence-electron chi connectivity index (χ2n) is 7.81. The number of fused-ring (bicyclic) bond motifs is 1. The predicted octanol–water partition coefficient (Wildman–Crippen LogP) is 3.08. The molecule has 0 spiro atoms. The van der Waals surface area contributed by atoms with E-state index in [4.69, 9.17) is 4.74 Å². The van der Waals surface area contributed by atoms with Gasteiger partial charge in [0, 0.05) is 11.9 Å². The fourth-order valence-electron chi connectivity index (χ4n) is 3.62. The Morgan fingerprint density at radius 3 is 2.79 bits per heavy atom. The van der Waals surface area contributed by atoms with Crippen molar-refractivity contribution in [1.82, 2.24) is 9.78 Å². The normalized spacial score (nSPS) is 26.8. The van der Waals surface area contributed by atoms with Crippen LogP contribution >= 0.6 is 11.8 Å². The minimum atomic E-state index is -0.224. The van der Waals surface area contributed by atoms with Crippen LogP contribution in [0.3, 0.4) is 0 Å². The number of amides is 1. The molecule has 2 atom stereocenters. The molecule has 0 aromatic carbocycles. The first kappa shape index (κ1) is 17.6. The fraction of sp³-hybridized carbons (Fsp3) is 0.765. The highest BCUT2D eigenvalue weighted by atomic mass is 32.2. The summed E-state index contributed by atoms with van der Waals surface area (Å²) in [6.45, 7) is 9.08. The molecule has 1 fully saturated rings. The lowest BCUT2D eigenvalue weighted by molar-refractivity contribution is -0.113. The number of nitrogens with zero attached hydrogens (tertiary/aromatic N) is 1. The second kappa shape index (κ2) is 6.59. The van der Waals surface area contributed by atoms with Gasteiger partial charge in [0.2, 0.25) is 5.91 Å². The molecule has 2 N–H and O–H groups in total. The Bertz CT molecular complexity index is 677. The number of H-pyrrole nitrogens is 1. The van der Waals surface area contributed by atoms with Gasteiger partial charge in [-0.05, 0) is 39.0 Å². The zero-order valence-electron chi connectivity index (χ0n) is 14.8. The summed E-state index contributed by atoms with van der Waals surface area (Å²) in [5.41, 5.74) is 0.427. The lowest BCUT2D eigenvalue weighted by Gasteiger charge is -2.36. The molecule has 1 amide bonds. The Morgan fingerprint density at radius 2 is 2.12 bits per heavy atom. The average Bonchev–Trinajstić information content (AvgIpc) is 2.69. The molecule has 134 valence electrons. The molecule has 24 heavy (non-hydrogen) atoms. The number of hydrogen-bond donors (Lipinski definition) is 2. The standard InChI is InChI=1S/C17H27N3O3S/c1-10(2)7-12-14-15(18-13(21)9-24-12)20(19-16(14)22)11-5-6-23-17(3,4)8-11/h10-12H,5-9H2,1-4H3,(H,18,21)(H,19,22). The van der Waals surface area contributed by atoms with E-state index in [0.29, 0.717) is 24.1 Å². The van der Waals surface area contributed by atoms with Crippen LogP contribution in [-0.2, 0) is 9.53 Å². The first-order valence-corrected chi connectivity index (χ1v) is 9.71. The molecule has 1 saturated heterocycles. The van der Waals surface area contributed by atoms with Gasteiger partial charge in [0.25, 0.3) is 5.56 Å². The molecule has 0 bridgehead atoms. The van der Waals surface area contributed by atoms with Crippen molar-refractivity contribution in [3.05, 3.63) is 15.9 Å². The molecular weight excluding hydrogens is 326 g/mol. The van der Waals surface area contributed by atoms with Crippen molar-refractivity contribution in [2.24, 2.45) is 5.92 Å². The summed E-state index contributed by atoms with van der Waals surface area (Å²) < 4.78 is 7.68. The number of anilines is 1. The molecule has 0 radical (unpaired) electrons. The van der Waals surface area contributed by atoms with Gasteiger partial charge < -0.3 is 10.1 Å². The first-order chi connectivity index (χ1) is 11.3. The van der Waals surface area contributed by atoms with E-state index >= 15 is 0 Å². The van der Waals surface area contributed by atoms with Crippen LogP contribution in [0, 0.1) is 5.92 Å². The van der Waals surface area contributed by atoms with Crippen molar-refractivity contribution in [2.75, 3.05) is 17.7 Å². The van der Waals surface area contributed by atoms with Gasteiger partial charge >= 0.3 is 0 Å². The van der Waals surface area contributed by atoms with Crippen molar-refractivity contribution in [1.29, 1.82) is 0 Å². The van der Waals surface area contributed by atoms with E-state index in [9.17, 15) is 9.59 Å². The van der Waals surface area contributed by atoms with E-state index in [1.165, 1.54) is 0 Å². The molecule has 2 aliphatic heterocycles. The van der Waals surface area contributed by atoms with Crippen LogP contribution < -0.4 is 10.9 Å². The summed E-state index contributed by atoms with van der Waals surface area (Å²) in [5.74, 6) is 1.49. The van der Waals surface area contributed by atoms with Crippen LogP contribution in [0.4, 0.5) is 5.82 Å². The number of hydrogen-bond acceptors (Lipinski definition) is 4. The minimum Gasteiger partial charge on any atom is -0.375 e. The third-order valence-electron chi connectivity index (χ3n) is 4.68. The van der Waals surface area contributed by atoms with Crippen LogP contribution in [0.25, 0.3) is 0 Å². The van der Waals surface area contributed by atoms with Gasteiger partial charge in [-0.15, -0.1) is 11.8 Å². The van der Waals surface area contributed by atoms with E-state index in [1.54, 1.807) is 11.8 Å². The van der Waals surface area contributed by atoms with Crippen molar-refractivity contribution >= 4 is 23.5 Å². The maximum Gasteiger partial charge on any atom is 0.270 e. The van der Waals surface area contributed by atoms with Crippen LogP contribution in [0.1, 0.15) is 63.8 Å². The third kappa shape index (κ3) is 3.57. The average molecular weight is 353 g/mol. The molecular formula is C17H27N3O3S. The van der Waals surface area contributed by atoms with Crippen LogP contribution in [0.2, 0.25) is 0 Å². The molecule has 7 heteroatoms. The van der Waals surface area contributed by atoms with E-state index in [-0.39, 0.29) is 28.4 Å². The van der Waals surface area contributed by atoms with Gasteiger partial charge in [-0.2, -0.15) is 0 Å². The van der Waals surface area contributed by atoms with Crippen LogP contribution in [0.5, 0.6) is 0 Å². The van der Waals surface area contributed by atoms with Gasteiger partial charge in [0.15, 0.2) is 0 Å². The van der Waals surface area contributed by atoms with Gasteiger partial charge in [-0.3, -0.25) is 19.4 Å². The van der Waals surface area contributed by atoms with E-state index in [2.05, 4.69) is 38.1 Å². The number of aromatic amines is 1. The molecule has 1 aromatic heterocycles. The van der Waals surface area contributed by atoms with Gasteiger partial charge in [0.1, 0.15) is 5.82 Å². The summed E-state index contributed by atoms with van der Waals surface area (Å²) in [6.07, 6.45) is 2.53. The summed E-state index contributed by atoms with van der Waals surface area (Å²) in [5, 5.41) is 6.02. The number of rotatable bonds is 3. The van der Waals surface area contributed by atoms with E-state index in [0.717, 1.165) is 24.8 Å². The number of carbonyl (C=O) groups is 1. The second-order valence-corrected chi connectivity index (χ2v) is 9.00. The van der Waals surface area contributed by atoms with Crippen molar-refractivity contribution in [3.63, 3.8) is 0 Å². The van der Waals surface area contributed by atoms with E-state index in [1.807, 2.05) is 4.68 Å². The predicted molar refractivity (Wildman–Crippen MR) is 96.6 cm³/mol. The zero-order chi connectivity index (χ0) is 17.5. The molecule has 3 heterocycles. The highest BCUT2D eigenvalue weighted by molar-refractivity contribution is 8.00. The monoisotopic (exact) mass is 353 g/mol. The Hall–Kier alpha value is -1.21. The molecule has 2 unspecified atom stereocenters. The number of thioether (sulfide) groups is 1. The molecule has 0 aliphatic carbocycles. The largest absolute Gasteiger partial charge is 0.375 e. The quantitative estimate of drug-likeness (QED) is 0.875. The first-order valence-electron chi connectivity index (χ1n) is 8.66. The third-order valence-corrected chi connectivity index (χ3v) is 5.94. The van der Waals surface area contributed by atoms with Gasteiger partial charge in [-0.1, -0.05) is 13.8 Å². The Morgan fingerprint density at radius 1 is 1.38 bits per heavy atom. The van der Waals surface area contributed by atoms with Crippen molar-refractivity contribution in [2.45, 2.75) is 63.9 Å². The summed E-state index contributed by atoms with van der Waals surface area (Å²) >= 11 is 1.57. The maximum atomic E-state index is 12.7. The summed E-state index contributed by atoms with van der Waals surface area (Å²) in [6, 6.07) is 0.133. The summed E-state index contributed by atoms with van der Waals surface area (Å²) in [7, 11) is 0. The maximum absolute atomic E-state index is 12.7. The molecule has 1 aromatic rings. The topological polar surface area (TPSA) is 76.1 Å². The lowest BCUT2D eigenvalue weighted by atomic mass is 9.94. The SMILES string of the molecule is CC(C)CC1SCC(=O)Nc2c1c(=O)[nH]n2C1CCOC(C)(C)C1. The molecule has 6 nitrogen and oxygen atoms in total.